The summed E-state index contributed by atoms with van der Waals surface area (Å²) in [6.45, 7) is 2.77. The van der Waals surface area contributed by atoms with Crippen LogP contribution >= 0.6 is 39.0 Å². The minimum atomic E-state index is -3.25. The molecule has 9 heteroatoms. The number of halogens is 1. The Labute approximate surface area is 140 Å². The van der Waals surface area contributed by atoms with E-state index in [0.717, 1.165) is 20.5 Å². The van der Waals surface area contributed by atoms with Gasteiger partial charge < -0.3 is 5.32 Å². The molecule has 2 rings (SSSR count). The van der Waals surface area contributed by atoms with Crippen molar-refractivity contribution in [1.29, 1.82) is 0 Å². The molecule has 0 spiro atoms. The van der Waals surface area contributed by atoms with Gasteiger partial charge in [-0.05, 0) is 31.2 Å². The zero-order valence-corrected chi connectivity index (χ0v) is 15.3. The lowest BCUT2D eigenvalue weighted by Crippen LogP contribution is -2.08. The first-order valence-corrected chi connectivity index (χ1v) is 10.4. The largest absolute Gasteiger partial charge is 0.360 e. The lowest BCUT2D eigenvalue weighted by atomic mass is 10.4. The van der Waals surface area contributed by atoms with Crippen LogP contribution in [-0.2, 0) is 9.84 Å². The molecule has 0 unspecified atom stereocenters. The van der Waals surface area contributed by atoms with Crippen LogP contribution in [0.2, 0.25) is 0 Å². The minimum Gasteiger partial charge on any atom is -0.360 e. The van der Waals surface area contributed by atoms with Gasteiger partial charge in [0.15, 0.2) is 14.2 Å². The second-order valence-electron chi connectivity index (χ2n) is 4.02. The lowest BCUT2D eigenvalue weighted by Gasteiger charge is -2.03. The molecule has 1 aromatic carbocycles. The maximum Gasteiger partial charge on any atom is 0.206 e. The number of hydrogen-bond donors (Lipinski definition) is 1. The number of sulfone groups is 1. The number of hydrogen-bond acceptors (Lipinski definition) is 7. The molecule has 1 N–H and O–H groups in total. The van der Waals surface area contributed by atoms with E-state index in [1.54, 1.807) is 24.3 Å². The molecule has 114 valence electrons. The van der Waals surface area contributed by atoms with Gasteiger partial charge in [0.1, 0.15) is 0 Å². The highest BCUT2D eigenvalue weighted by Crippen LogP contribution is 2.26. The molecular weight excluding hydrogens is 394 g/mol. The first-order chi connectivity index (χ1) is 10.0. The summed E-state index contributed by atoms with van der Waals surface area (Å²) in [6.07, 6.45) is 0. The zero-order valence-electron chi connectivity index (χ0n) is 11.2. The number of rotatable bonds is 7. The van der Waals surface area contributed by atoms with Gasteiger partial charge in [0.2, 0.25) is 5.13 Å². The summed E-state index contributed by atoms with van der Waals surface area (Å²) < 4.78 is 26.0. The van der Waals surface area contributed by atoms with Crippen LogP contribution in [-0.4, -0.2) is 36.7 Å². The Bertz CT molecular complexity index is 686. The van der Waals surface area contributed by atoms with Crippen LogP contribution in [0.4, 0.5) is 5.13 Å². The third-order valence-corrected chi connectivity index (χ3v) is 7.02. The molecule has 0 amide bonds. The van der Waals surface area contributed by atoms with Crippen molar-refractivity contribution in [2.24, 2.45) is 0 Å². The quantitative estimate of drug-likeness (QED) is 0.709. The smallest absolute Gasteiger partial charge is 0.206 e. The fraction of sp³-hybridized carbons (Fsp3) is 0.333. The van der Waals surface area contributed by atoms with E-state index in [1.807, 2.05) is 6.92 Å². The number of thioether (sulfide) groups is 1. The van der Waals surface area contributed by atoms with Gasteiger partial charge in [0.05, 0.1) is 10.6 Å². The molecule has 5 nitrogen and oxygen atoms in total. The lowest BCUT2D eigenvalue weighted by molar-refractivity contribution is 0.597. The van der Waals surface area contributed by atoms with Crippen LogP contribution in [0.5, 0.6) is 0 Å². The van der Waals surface area contributed by atoms with Gasteiger partial charge in [-0.2, -0.15) is 0 Å². The zero-order chi connectivity index (χ0) is 15.3. The van der Waals surface area contributed by atoms with Crippen molar-refractivity contribution in [1.82, 2.24) is 10.2 Å². The minimum absolute atomic E-state index is 0.0788. The number of aromatic nitrogens is 2. The first-order valence-electron chi connectivity index (χ1n) is 6.20. The van der Waals surface area contributed by atoms with Crippen molar-refractivity contribution in [2.45, 2.75) is 16.2 Å². The molecule has 1 aromatic heterocycles. The summed E-state index contributed by atoms with van der Waals surface area (Å²) in [5.74, 6) is 0.536. The van der Waals surface area contributed by atoms with Crippen molar-refractivity contribution in [3.05, 3.63) is 28.7 Å². The van der Waals surface area contributed by atoms with E-state index >= 15 is 0 Å². The highest BCUT2D eigenvalue weighted by molar-refractivity contribution is 9.10. The Morgan fingerprint density at radius 2 is 2.00 bits per heavy atom. The van der Waals surface area contributed by atoms with Crippen LogP contribution in [0.1, 0.15) is 6.92 Å². The molecule has 0 atom stereocenters. The van der Waals surface area contributed by atoms with Crippen LogP contribution in [0, 0.1) is 0 Å². The van der Waals surface area contributed by atoms with Gasteiger partial charge in [0, 0.05) is 16.8 Å². The van der Waals surface area contributed by atoms with E-state index < -0.39 is 9.84 Å². The van der Waals surface area contributed by atoms with Crippen molar-refractivity contribution in [2.75, 3.05) is 23.4 Å². The third-order valence-electron chi connectivity index (χ3n) is 2.48. The molecule has 0 aliphatic rings. The summed E-state index contributed by atoms with van der Waals surface area (Å²) in [7, 11) is -3.25. The Hall–Kier alpha value is -0.640. The van der Waals surface area contributed by atoms with E-state index in [1.165, 1.54) is 23.1 Å². The highest BCUT2D eigenvalue weighted by Gasteiger charge is 2.15. The number of nitrogens with zero attached hydrogens (tertiary/aromatic N) is 2. The second-order valence-corrected chi connectivity index (χ2v) is 9.37. The number of anilines is 1. The molecule has 21 heavy (non-hydrogen) atoms. The van der Waals surface area contributed by atoms with Crippen molar-refractivity contribution in [3.63, 3.8) is 0 Å². The SMILES string of the molecule is CCNc1nnc(SCCS(=O)(=O)c2ccc(Br)cc2)s1. The predicted molar refractivity (Wildman–Crippen MR) is 91.0 cm³/mol. The Balaban J connectivity index is 1.91. The van der Waals surface area contributed by atoms with Crippen molar-refractivity contribution < 1.29 is 8.42 Å². The second kappa shape index (κ2) is 7.57. The van der Waals surface area contributed by atoms with Gasteiger partial charge in [-0.15, -0.1) is 10.2 Å². The maximum atomic E-state index is 12.2. The maximum absolute atomic E-state index is 12.2. The number of nitrogens with one attached hydrogen (secondary N) is 1. The van der Waals surface area contributed by atoms with E-state index in [-0.39, 0.29) is 5.75 Å². The summed E-state index contributed by atoms with van der Waals surface area (Å²) in [6, 6.07) is 6.68. The number of benzene rings is 1. The highest BCUT2D eigenvalue weighted by atomic mass is 79.9. The predicted octanol–water partition coefficient (Wildman–Crippen LogP) is 3.30. The van der Waals surface area contributed by atoms with Gasteiger partial charge >= 0.3 is 0 Å². The van der Waals surface area contributed by atoms with Gasteiger partial charge in [0.25, 0.3) is 0 Å². The molecule has 0 bridgehead atoms. The van der Waals surface area contributed by atoms with E-state index in [4.69, 9.17) is 0 Å². The van der Waals surface area contributed by atoms with Crippen LogP contribution in [0.25, 0.3) is 0 Å². The fourth-order valence-corrected chi connectivity index (χ4v) is 5.29. The van der Waals surface area contributed by atoms with E-state index in [2.05, 4.69) is 31.4 Å². The Kier molecular flexibility index (Phi) is 6.03. The van der Waals surface area contributed by atoms with E-state index in [9.17, 15) is 8.42 Å². The fourth-order valence-electron chi connectivity index (χ4n) is 1.49. The van der Waals surface area contributed by atoms with Crippen LogP contribution in [0.15, 0.2) is 38.0 Å². The molecule has 0 radical (unpaired) electrons. The summed E-state index contributed by atoms with van der Waals surface area (Å²) in [5, 5.41) is 11.8. The van der Waals surface area contributed by atoms with Crippen LogP contribution < -0.4 is 5.32 Å². The Morgan fingerprint density at radius 1 is 1.29 bits per heavy atom. The standard InChI is InChI=1S/C12H14BrN3O2S3/c1-2-14-11-15-16-12(20-11)19-7-8-21(17,18)10-5-3-9(13)4-6-10/h3-6H,2,7-8H2,1H3,(H,14,15). The average molecular weight is 408 g/mol. The molecule has 2 aromatic rings. The molecular formula is C12H14BrN3O2S3. The van der Waals surface area contributed by atoms with Crippen molar-refractivity contribution >= 4 is 54.0 Å². The monoisotopic (exact) mass is 407 g/mol. The summed E-state index contributed by atoms with van der Waals surface area (Å²) in [5.41, 5.74) is 0. The summed E-state index contributed by atoms with van der Waals surface area (Å²) >= 11 is 6.13. The molecule has 0 fully saturated rings. The summed E-state index contributed by atoms with van der Waals surface area (Å²) in [4.78, 5) is 0.344. The van der Waals surface area contributed by atoms with Crippen molar-refractivity contribution in [3.8, 4) is 0 Å². The molecule has 0 aliphatic heterocycles. The normalized spacial score (nSPS) is 11.5. The molecule has 0 saturated heterocycles. The molecule has 0 aliphatic carbocycles. The first kappa shape index (κ1) is 16.7. The van der Waals surface area contributed by atoms with Crippen LogP contribution in [0.3, 0.4) is 0 Å². The van der Waals surface area contributed by atoms with Gasteiger partial charge in [-0.25, -0.2) is 8.42 Å². The van der Waals surface area contributed by atoms with Gasteiger partial charge in [-0.1, -0.05) is 39.0 Å². The Morgan fingerprint density at radius 3 is 2.67 bits per heavy atom. The third kappa shape index (κ3) is 4.94. The average Bonchev–Trinajstić information content (AvgIpc) is 2.87. The van der Waals surface area contributed by atoms with E-state index in [0.29, 0.717) is 10.6 Å². The molecule has 0 saturated carbocycles. The molecule has 1 heterocycles. The topological polar surface area (TPSA) is 72.0 Å². The van der Waals surface area contributed by atoms with Gasteiger partial charge in [-0.3, -0.25) is 0 Å².